The molecule has 148 valence electrons. The second-order valence-corrected chi connectivity index (χ2v) is 7.04. The fourth-order valence-corrected chi connectivity index (χ4v) is 2.89. The molecule has 1 amide bonds. The summed E-state index contributed by atoms with van der Waals surface area (Å²) in [5.74, 6) is 0.367. The van der Waals surface area contributed by atoms with Crippen molar-refractivity contribution in [3.8, 4) is 17.7 Å². The SMILES string of the molecule is CC(C)CCn1c(O)c(N=NC(=O)COc2ccc(C#N)cc2)c2ccccc21. The number of fused-ring (bicyclic) bond motifs is 1. The van der Waals surface area contributed by atoms with Gasteiger partial charge in [0.15, 0.2) is 12.3 Å². The van der Waals surface area contributed by atoms with E-state index in [0.29, 0.717) is 23.8 Å². The van der Waals surface area contributed by atoms with Gasteiger partial charge in [-0.25, -0.2) is 0 Å². The number of benzene rings is 2. The molecule has 7 heteroatoms. The number of nitriles is 1. The summed E-state index contributed by atoms with van der Waals surface area (Å²) in [6, 6.07) is 15.9. The van der Waals surface area contributed by atoms with Crippen molar-refractivity contribution in [2.75, 3.05) is 6.61 Å². The minimum Gasteiger partial charge on any atom is -0.493 e. The van der Waals surface area contributed by atoms with E-state index in [1.165, 1.54) is 0 Å². The lowest BCUT2D eigenvalue weighted by molar-refractivity contribution is -0.120. The van der Waals surface area contributed by atoms with E-state index in [4.69, 9.17) is 10.00 Å². The zero-order valence-corrected chi connectivity index (χ0v) is 16.4. The first-order valence-electron chi connectivity index (χ1n) is 9.37. The highest BCUT2D eigenvalue weighted by molar-refractivity contribution is 5.95. The van der Waals surface area contributed by atoms with E-state index in [-0.39, 0.29) is 18.2 Å². The van der Waals surface area contributed by atoms with Crippen molar-refractivity contribution >= 4 is 22.5 Å². The standard InChI is InChI=1S/C22H22N4O3/c1-15(2)11-12-26-19-6-4-3-5-18(19)21(22(26)28)25-24-20(27)14-29-17-9-7-16(13-23)8-10-17/h3-10,15,28H,11-12,14H2,1-2H3. The van der Waals surface area contributed by atoms with Crippen LogP contribution in [0.4, 0.5) is 5.69 Å². The van der Waals surface area contributed by atoms with Crippen molar-refractivity contribution in [3.05, 3.63) is 54.1 Å². The number of ether oxygens (including phenoxy) is 1. The summed E-state index contributed by atoms with van der Waals surface area (Å²) < 4.78 is 7.16. The van der Waals surface area contributed by atoms with Crippen molar-refractivity contribution in [2.45, 2.75) is 26.8 Å². The maximum absolute atomic E-state index is 12.1. The summed E-state index contributed by atoms with van der Waals surface area (Å²) in [6.07, 6.45) is 0.903. The molecule has 0 saturated heterocycles. The Labute approximate surface area is 168 Å². The number of para-hydroxylation sites is 1. The van der Waals surface area contributed by atoms with Crippen LogP contribution in [-0.4, -0.2) is 22.2 Å². The molecular weight excluding hydrogens is 368 g/mol. The fourth-order valence-electron chi connectivity index (χ4n) is 2.89. The van der Waals surface area contributed by atoms with E-state index in [0.717, 1.165) is 17.3 Å². The zero-order chi connectivity index (χ0) is 20.8. The van der Waals surface area contributed by atoms with Crippen LogP contribution in [0.25, 0.3) is 10.9 Å². The Balaban J connectivity index is 1.74. The highest BCUT2D eigenvalue weighted by Gasteiger charge is 2.17. The van der Waals surface area contributed by atoms with E-state index in [1.54, 1.807) is 28.8 Å². The number of azo groups is 1. The third-order valence-electron chi connectivity index (χ3n) is 4.45. The van der Waals surface area contributed by atoms with E-state index in [9.17, 15) is 9.90 Å². The van der Waals surface area contributed by atoms with Gasteiger partial charge < -0.3 is 14.4 Å². The minimum atomic E-state index is -0.576. The maximum Gasteiger partial charge on any atom is 0.302 e. The molecule has 3 aromatic rings. The Bertz CT molecular complexity index is 1080. The molecule has 0 radical (unpaired) electrons. The summed E-state index contributed by atoms with van der Waals surface area (Å²) in [5.41, 5.74) is 1.63. The van der Waals surface area contributed by atoms with E-state index >= 15 is 0 Å². The first-order valence-corrected chi connectivity index (χ1v) is 9.37. The van der Waals surface area contributed by atoms with Crippen molar-refractivity contribution in [1.29, 1.82) is 5.26 Å². The lowest BCUT2D eigenvalue weighted by atomic mass is 10.1. The molecule has 1 aromatic heterocycles. The van der Waals surface area contributed by atoms with Crippen molar-refractivity contribution < 1.29 is 14.6 Å². The number of hydrogen-bond donors (Lipinski definition) is 1. The molecular formula is C22H22N4O3. The Morgan fingerprint density at radius 1 is 1.21 bits per heavy atom. The largest absolute Gasteiger partial charge is 0.493 e. The molecule has 2 aromatic carbocycles. The third-order valence-corrected chi connectivity index (χ3v) is 4.45. The fraction of sp³-hybridized carbons (Fsp3) is 0.273. The molecule has 1 heterocycles. The molecule has 0 fully saturated rings. The second-order valence-electron chi connectivity index (χ2n) is 7.04. The quantitative estimate of drug-likeness (QED) is 0.577. The minimum absolute atomic E-state index is 0.00332. The summed E-state index contributed by atoms with van der Waals surface area (Å²) in [5, 5.41) is 27.9. The monoisotopic (exact) mass is 390 g/mol. The van der Waals surface area contributed by atoms with Crippen molar-refractivity contribution in [3.63, 3.8) is 0 Å². The molecule has 0 aliphatic rings. The lowest BCUT2D eigenvalue weighted by Gasteiger charge is -2.08. The smallest absolute Gasteiger partial charge is 0.302 e. The molecule has 0 aliphatic heterocycles. The molecule has 0 atom stereocenters. The molecule has 0 bridgehead atoms. The van der Waals surface area contributed by atoms with Crippen LogP contribution in [0.15, 0.2) is 58.8 Å². The van der Waals surface area contributed by atoms with Gasteiger partial charge in [-0.05, 0) is 42.7 Å². The molecule has 29 heavy (non-hydrogen) atoms. The van der Waals surface area contributed by atoms with Crippen LogP contribution < -0.4 is 4.74 Å². The summed E-state index contributed by atoms with van der Waals surface area (Å²) >= 11 is 0. The average Bonchev–Trinajstić information content (AvgIpc) is 3.00. The van der Waals surface area contributed by atoms with Gasteiger partial charge in [0.05, 0.1) is 17.1 Å². The Morgan fingerprint density at radius 2 is 1.93 bits per heavy atom. The first-order chi connectivity index (χ1) is 14.0. The van der Waals surface area contributed by atoms with Gasteiger partial charge in [-0.15, -0.1) is 10.2 Å². The highest BCUT2D eigenvalue weighted by Crippen LogP contribution is 2.39. The van der Waals surface area contributed by atoms with Crippen molar-refractivity contribution in [1.82, 2.24) is 4.57 Å². The van der Waals surface area contributed by atoms with Gasteiger partial charge in [-0.3, -0.25) is 4.79 Å². The molecule has 0 spiro atoms. The van der Waals surface area contributed by atoms with Crippen LogP contribution in [0.2, 0.25) is 0 Å². The Kier molecular flexibility index (Phi) is 6.25. The van der Waals surface area contributed by atoms with Gasteiger partial charge in [0.1, 0.15) is 5.75 Å². The maximum atomic E-state index is 12.1. The van der Waals surface area contributed by atoms with E-state index < -0.39 is 5.91 Å². The van der Waals surface area contributed by atoms with Crippen LogP contribution in [0.5, 0.6) is 11.6 Å². The Morgan fingerprint density at radius 3 is 2.62 bits per heavy atom. The molecule has 0 unspecified atom stereocenters. The predicted octanol–water partition coefficient (Wildman–Crippen LogP) is 4.95. The Hall–Kier alpha value is -3.66. The predicted molar refractivity (Wildman–Crippen MR) is 109 cm³/mol. The number of nitrogens with zero attached hydrogens (tertiary/aromatic N) is 4. The van der Waals surface area contributed by atoms with Crippen LogP contribution in [-0.2, 0) is 11.3 Å². The van der Waals surface area contributed by atoms with Gasteiger partial charge in [0.25, 0.3) is 0 Å². The summed E-state index contributed by atoms with van der Waals surface area (Å²) in [7, 11) is 0. The zero-order valence-electron chi connectivity index (χ0n) is 16.4. The number of carbonyl (C=O) groups is 1. The highest BCUT2D eigenvalue weighted by atomic mass is 16.5. The van der Waals surface area contributed by atoms with Crippen LogP contribution in [0.1, 0.15) is 25.8 Å². The molecule has 3 rings (SSSR count). The van der Waals surface area contributed by atoms with Crippen molar-refractivity contribution in [2.24, 2.45) is 16.1 Å². The molecule has 0 saturated carbocycles. The van der Waals surface area contributed by atoms with Crippen LogP contribution in [0.3, 0.4) is 0 Å². The number of aryl methyl sites for hydroxylation is 1. The van der Waals surface area contributed by atoms with Gasteiger partial charge in [0, 0.05) is 11.9 Å². The van der Waals surface area contributed by atoms with Gasteiger partial charge >= 0.3 is 5.91 Å². The lowest BCUT2D eigenvalue weighted by Crippen LogP contribution is -2.07. The van der Waals surface area contributed by atoms with Crippen LogP contribution in [0, 0.1) is 17.2 Å². The summed E-state index contributed by atoms with van der Waals surface area (Å²) in [4.78, 5) is 12.1. The topological polar surface area (TPSA) is 100.0 Å². The average molecular weight is 390 g/mol. The van der Waals surface area contributed by atoms with E-state index in [2.05, 4.69) is 24.1 Å². The summed E-state index contributed by atoms with van der Waals surface area (Å²) in [6.45, 7) is 4.60. The third kappa shape index (κ3) is 4.79. The van der Waals surface area contributed by atoms with Crippen LogP contribution >= 0.6 is 0 Å². The van der Waals surface area contributed by atoms with E-state index in [1.807, 2.05) is 30.3 Å². The number of hydrogen-bond acceptors (Lipinski definition) is 5. The normalized spacial score (nSPS) is 11.2. The number of amides is 1. The number of aromatic hydroxyl groups is 1. The van der Waals surface area contributed by atoms with Gasteiger partial charge in [-0.2, -0.15) is 5.26 Å². The number of carbonyl (C=O) groups excluding carboxylic acids is 1. The van der Waals surface area contributed by atoms with Gasteiger partial charge in [0.2, 0.25) is 5.88 Å². The molecule has 1 N–H and O–H groups in total. The first kappa shape index (κ1) is 20.1. The number of aromatic nitrogens is 1. The molecule has 0 aliphatic carbocycles. The second kappa shape index (κ2) is 9.02. The molecule has 7 nitrogen and oxygen atoms in total. The van der Waals surface area contributed by atoms with Gasteiger partial charge in [-0.1, -0.05) is 32.0 Å². The number of rotatable bonds is 7.